The molecule has 1 aliphatic heterocycles. The summed E-state index contributed by atoms with van der Waals surface area (Å²) in [5.41, 5.74) is 7.52. The molecule has 1 aliphatic carbocycles. The second kappa shape index (κ2) is 7.89. The molecular weight excluding hydrogens is 477 g/mol. The van der Waals surface area contributed by atoms with Crippen molar-refractivity contribution >= 4 is 59.9 Å². The van der Waals surface area contributed by atoms with Gasteiger partial charge in [-0.05, 0) is 58.9 Å². The number of thioether (sulfide) groups is 1. The number of nitrogens with zero attached hydrogens (tertiary/aromatic N) is 2. The van der Waals surface area contributed by atoms with E-state index in [1.807, 2.05) is 35.2 Å². The molecule has 1 atom stereocenters. The molecule has 2 nitrogen and oxygen atoms in total. The SMILES string of the molecule is C1=C(c2nc3ccccc3nc2-c2ccc3c(c2)sc2ccccc23)C=C2Sc3ccccc3C2C1. The lowest BCUT2D eigenvalue weighted by molar-refractivity contribution is 0.839. The van der Waals surface area contributed by atoms with E-state index in [0.717, 1.165) is 34.4 Å². The Morgan fingerprint density at radius 3 is 2.36 bits per heavy atom. The van der Waals surface area contributed by atoms with Crippen molar-refractivity contribution in [2.45, 2.75) is 17.2 Å². The van der Waals surface area contributed by atoms with Gasteiger partial charge in [0.05, 0.1) is 22.4 Å². The Hall–Kier alpha value is -3.73. The van der Waals surface area contributed by atoms with Gasteiger partial charge in [0.25, 0.3) is 0 Å². The zero-order valence-electron chi connectivity index (χ0n) is 19.3. The highest BCUT2D eigenvalue weighted by Gasteiger charge is 2.30. The van der Waals surface area contributed by atoms with Crippen LogP contribution in [0.4, 0.5) is 0 Å². The zero-order valence-corrected chi connectivity index (χ0v) is 20.9. The molecule has 3 heterocycles. The van der Waals surface area contributed by atoms with Gasteiger partial charge >= 0.3 is 0 Å². The van der Waals surface area contributed by atoms with Crippen molar-refractivity contribution in [3.8, 4) is 11.3 Å². The Bertz CT molecular complexity index is 1910. The van der Waals surface area contributed by atoms with E-state index in [1.165, 1.54) is 41.1 Å². The second-order valence-corrected chi connectivity index (χ2v) is 11.6. The molecule has 6 aromatic rings. The summed E-state index contributed by atoms with van der Waals surface area (Å²) < 4.78 is 2.60. The number of rotatable bonds is 2. The average molecular weight is 497 g/mol. The first kappa shape index (κ1) is 20.5. The van der Waals surface area contributed by atoms with Crippen LogP contribution in [0.5, 0.6) is 0 Å². The van der Waals surface area contributed by atoms with Crippen LogP contribution in [0.15, 0.2) is 113 Å². The standard InChI is InChI=1S/C32H20N2S2/c1-5-11-27-21(7-1)23-15-13-19(17-29(23)35-27)31-32(34-26-10-4-3-9-25(26)33-31)20-14-16-24-22-8-2-6-12-28(22)36-30(24)18-20/h1-15,17-18,24H,16H2. The summed E-state index contributed by atoms with van der Waals surface area (Å²) in [5, 5.41) is 2.62. The van der Waals surface area contributed by atoms with Crippen molar-refractivity contribution < 1.29 is 0 Å². The van der Waals surface area contributed by atoms with E-state index >= 15 is 0 Å². The summed E-state index contributed by atoms with van der Waals surface area (Å²) in [6, 6.07) is 32.4. The third kappa shape index (κ3) is 3.11. The van der Waals surface area contributed by atoms with Crippen molar-refractivity contribution in [1.82, 2.24) is 9.97 Å². The zero-order chi connectivity index (χ0) is 23.6. The Labute approximate surface area is 217 Å². The molecule has 0 radical (unpaired) electrons. The molecule has 0 fully saturated rings. The van der Waals surface area contributed by atoms with Crippen molar-refractivity contribution in [2.75, 3.05) is 0 Å². The molecule has 0 saturated heterocycles. The van der Waals surface area contributed by atoms with Gasteiger partial charge in [0.2, 0.25) is 0 Å². The minimum absolute atomic E-state index is 0.460. The first-order valence-corrected chi connectivity index (χ1v) is 13.8. The molecule has 0 amide bonds. The lowest BCUT2D eigenvalue weighted by atomic mass is 9.88. The van der Waals surface area contributed by atoms with Crippen LogP contribution in [0.25, 0.3) is 48.0 Å². The van der Waals surface area contributed by atoms with Gasteiger partial charge in [-0.2, -0.15) is 0 Å². The molecule has 4 heteroatoms. The summed E-state index contributed by atoms with van der Waals surface area (Å²) in [4.78, 5) is 13.1. The molecule has 0 spiro atoms. The van der Waals surface area contributed by atoms with Crippen molar-refractivity contribution in [3.63, 3.8) is 0 Å². The van der Waals surface area contributed by atoms with Crippen molar-refractivity contribution in [2.24, 2.45) is 0 Å². The van der Waals surface area contributed by atoms with Crippen LogP contribution in [0.1, 0.15) is 23.6 Å². The normalized spacial score (nSPS) is 16.7. The number of thiophene rings is 1. The highest BCUT2D eigenvalue weighted by molar-refractivity contribution is 8.03. The van der Waals surface area contributed by atoms with Gasteiger partial charge in [-0.3, -0.25) is 0 Å². The lowest BCUT2D eigenvalue weighted by Crippen LogP contribution is -2.03. The number of aromatic nitrogens is 2. The maximum atomic E-state index is 5.18. The summed E-state index contributed by atoms with van der Waals surface area (Å²) >= 11 is 3.74. The van der Waals surface area contributed by atoms with Gasteiger partial charge in [0.15, 0.2) is 0 Å². The van der Waals surface area contributed by atoms with Gasteiger partial charge in [0.1, 0.15) is 0 Å². The van der Waals surface area contributed by atoms with Crippen LogP contribution < -0.4 is 0 Å². The smallest absolute Gasteiger partial charge is 0.0973 e. The van der Waals surface area contributed by atoms with E-state index in [0.29, 0.717) is 5.92 Å². The predicted molar refractivity (Wildman–Crippen MR) is 154 cm³/mol. The minimum atomic E-state index is 0.460. The first-order chi connectivity index (χ1) is 17.8. The quantitative estimate of drug-likeness (QED) is 0.239. The van der Waals surface area contributed by atoms with E-state index in [2.05, 4.69) is 91.0 Å². The molecule has 1 unspecified atom stereocenters. The van der Waals surface area contributed by atoms with E-state index in [1.54, 1.807) is 0 Å². The molecule has 2 aromatic heterocycles. The summed E-state index contributed by atoms with van der Waals surface area (Å²) in [5.74, 6) is 0.460. The van der Waals surface area contributed by atoms with Gasteiger partial charge < -0.3 is 0 Å². The second-order valence-electron chi connectivity index (χ2n) is 9.35. The van der Waals surface area contributed by atoms with E-state index in [9.17, 15) is 0 Å². The molecule has 0 saturated carbocycles. The highest BCUT2D eigenvalue weighted by Crippen LogP contribution is 2.53. The molecule has 0 bridgehead atoms. The van der Waals surface area contributed by atoms with Crippen LogP contribution in [0.2, 0.25) is 0 Å². The Kier molecular flexibility index (Phi) is 4.48. The lowest BCUT2D eigenvalue weighted by Gasteiger charge is -2.19. The topological polar surface area (TPSA) is 25.8 Å². The molecule has 8 rings (SSSR count). The van der Waals surface area contributed by atoms with Crippen LogP contribution >= 0.6 is 23.1 Å². The van der Waals surface area contributed by atoms with E-state index < -0.39 is 0 Å². The van der Waals surface area contributed by atoms with Gasteiger partial charge in [0, 0.05) is 36.5 Å². The maximum Gasteiger partial charge on any atom is 0.0973 e. The Morgan fingerprint density at radius 2 is 1.44 bits per heavy atom. The fraction of sp³-hybridized carbons (Fsp3) is 0.0625. The fourth-order valence-electron chi connectivity index (χ4n) is 5.48. The Balaban J connectivity index is 1.31. The Morgan fingerprint density at radius 1 is 0.694 bits per heavy atom. The third-order valence-electron chi connectivity index (χ3n) is 7.23. The molecule has 2 aliphatic rings. The highest BCUT2D eigenvalue weighted by atomic mass is 32.2. The first-order valence-electron chi connectivity index (χ1n) is 12.2. The van der Waals surface area contributed by atoms with Crippen molar-refractivity contribution in [1.29, 1.82) is 0 Å². The molecule has 4 aromatic carbocycles. The monoisotopic (exact) mass is 496 g/mol. The average Bonchev–Trinajstić information content (AvgIpc) is 3.49. The summed E-state index contributed by atoms with van der Waals surface area (Å²) in [6.07, 6.45) is 5.70. The van der Waals surface area contributed by atoms with Gasteiger partial charge in [-0.25, -0.2) is 9.97 Å². The number of allylic oxidation sites excluding steroid dienone is 4. The maximum absolute atomic E-state index is 5.18. The summed E-state index contributed by atoms with van der Waals surface area (Å²) in [6.45, 7) is 0. The predicted octanol–water partition coefficient (Wildman–Crippen LogP) is 9.23. The minimum Gasteiger partial charge on any atom is -0.244 e. The number of benzene rings is 4. The largest absolute Gasteiger partial charge is 0.244 e. The van der Waals surface area contributed by atoms with Gasteiger partial charge in [-0.1, -0.05) is 78.5 Å². The molecule has 0 N–H and O–H groups in total. The number of hydrogen-bond acceptors (Lipinski definition) is 4. The van der Waals surface area contributed by atoms with Crippen LogP contribution in [0, 0.1) is 0 Å². The third-order valence-corrected chi connectivity index (χ3v) is 9.60. The van der Waals surface area contributed by atoms with Crippen LogP contribution in [-0.4, -0.2) is 9.97 Å². The van der Waals surface area contributed by atoms with E-state index in [4.69, 9.17) is 9.97 Å². The molecule has 36 heavy (non-hydrogen) atoms. The summed E-state index contributed by atoms with van der Waals surface area (Å²) in [7, 11) is 0. The number of hydrogen-bond donors (Lipinski definition) is 0. The van der Waals surface area contributed by atoms with Gasteiger partial charge in [-0.15, -0.1) is 11.3 Å². The number of fused-ring (bicyclic) bond motifs is 7. The fourth-order valence-corrected chi connectivity index (χ4v) is 7.91. The molecule has 170 valence electrons. The van der Waals surface area contributed by atoms with Crippen LogP contribution in [0.3, 0.4) is 0 Å². The van der Waals surface area contributed by atoms with E-state index in [-0.39, 0.29) is 0 Å². The van der Waals surface area contributed by atoms with Crippen LogP contribution in [-0.2, 0) is 0 Å². The number of para-hydroxylation sites is 2. The molecular formula is C32H20N2S2. The van der Waals surface area contributed by atoms with Crippen molar-refractivity contribution in [3.05, 3.63) is 119 Å².